The Labute approximate surface area is 126 Å². The normalized spacial score (nSPS) is 11.2. The molecule has 112 valence electrons. The Morgan fingerprint density at radius 2 is 1.57 bits per heavy atom. The zero-order valence-electron chi connectivity index (χ0n) is 12.7. The van der Waals surface area contributed by atoms with Crippen LogP contribution in [-0.4, -0.2) is 22.5 Å². The van der Waals surface area contributed by atoms with Crippen molar-refractivity contribution < 1.29 is 8.42 Å². The van der Waals surface area contributed by atoms with Gasteiger partial charge in [-0.05, 0) is 49.7 Å². The standard InChI is InChI=1S/C16H20N2O2S/c1-12-5-8-15(9-6-12)21(19,20)17-14-7-10-16(18(3)4)13(2)11-14/h5-11,17H,1-4H3. The molecule has 4 nitrogen and oxygen atoms in total. The largest absolute Gasteiger partial charge is 0.377 e. The number of rotatable bonds is 4. The Kier molecular flexibility index (Phi) is 4.23. The van der Waals surface area contributed by atoms with E-state index in [1.165, 1.54) is 0 Å². The minimum absolute atomic E-state index is 0.266. The third-order valence-corrected chi connectivity index (χ3v) is 4.66. The number of benzene rings is 2. The molecule has 0 spiro atoms. The van der Waals surface area contributed by atoms with Gasteiger partial charge < -0.3 is 4.90 Å². The molecule has 0 unspecified atom stereocenters. The van der Waals surface area contributed by atoms with E-state index in [0.29, 0.717) is 5.69 Å². The molecule has 5 heteroatoms. The van der Waals surface area contributed by atoms with E-state index in [9.17, 15) is 8.42 Å². The van der Waals surface area contributed by atoms with E-state index >= 15 is 0 Å². The summed E-state index contributed by atoms with van der Waals surface area (Å²) in [6, 6.07) is 12.3. The summed E-state index contributed by atoms with van der Waals surface area (Å²) in [6.45, 7) is 3.88. The van der Waals surface area contributed by atoms with Crippen LogP contribution in [0.4, 0.5) is 11.4 Å². The van der Waals surface area contributed by atoms with Crippen molar-refractivity contribution in [3.63, 3.8) is 0 Å². The van der Waals surface area contributed by atoms with Gasteiger partial charge in [-0.1, -0.05) is 17.7 Å². The fourth-order valence-electron chi connectivity index (χ4n) is 2.15. The third-order valence-electron chi connectivity index (χ3n) is 3.26. The monoisotopic (exact) mass is 304 g/mol. The molecule has 2 aromatic rings. The number of hydrogen-bond acceptors (Lipinski definition) is 3. The molecule has 0 bridgehead atoms. The van der Waals surface area contributed by atoms with E-state index in [4.69, 9.17) is 0 Å². The Morgan fingerprint density at radius 3 is 2.10 bits per heavy atom. The van der Waals surface area contributed by atoms with E-state index in [1.807, 2.05) is 45.0 Å². The minimum Gasteiger partial charge on any atom is -0.377 e. The summed E-state index contributed by atoms with van der Waals surface area (Å²) < 4.78 is 27.3. The molecule has 0 fully saturated rings. The molecule has 0 aliphatic heterocycles. The molecule has 0 aromatic heterocycles. The molecule has 0 radical (unpaired) electrons. The Balaban J connectivity index is 2.29. The van der Waals surface area contributed by atoms with E-state index in [-0.39, 0.29) is 4.90 Å². The summed E-state index contributed by atoms with van der Waals surface area (Å²) in [4.78, 5) is 2.26. The van der Waals surface area contributed by atoms with Gasteiger partial charge in [0.05, 0.1) is 4.90 Å². The molecule has 0 aliphatic carbocycles. The summed E-state index contributed by atoms with van der Waals surface area (Å²) in [5, 5.41) is 0. The zero-order chi connectivity index (χ0) is 15.6. The lowest BCUT2D eigenvalue weighted by atomic mass is 10.2. The molecular formula is C16H20N2O2S. The van der Waals surface area contributed by atoms with Gasteiger partial charge in [-0.2, -0.15) is 0 Å². The van der Waals surface area contributed by atoms with Crippen LogP contribution in [0.5, 0.6) is 0 Å². The molecule has 0 atom stereocenters. The van der Waals surface area contributed by atoms with Crippen LogP contribution in [0.2, 0.25) is 0 Å². The molecule has 0 saturated carbocycles. The van der Waals surface area contributed by atoms with E-state index in [1.54, 1.807) is 30.3 Å². The predicted octanol–water partition coefficient (Wildman–Crippen LogP) is 3.17. The van der Waals surface area contributed by atoms with Gasteiger partial charge in [0.25, 0.3) is 10.0 Å². The van der Waals surface area contributed by atoms with Crippen LogP contribution in [0.15, 0.2) is 47.4 Å². The number of hydrogen-bond donors (Lipinski definition) is 1. The van der Waals surface area contributed by atoms with Gasteiger partial charge in [0.15, 0.2) is 0 Å². The second kappa shape index (κ2) is 5.77. The lowest BCUT2D eigenvalue weighted by Crippen LogP contribution is -2.14. The van der Waals surface area contributed by atoms with E-state index in [0.717, 1.165) is 16.8 Å². The highest BCUT2D eigenvalue weighted by Gasteiger charge is 2.14. The van der Waals surface area contributed by atoms with Crippen molar-refractivity contribution in [1.29, 1.82) is 0 Å². The van der Waals surface area contributed by atoms with E-state index in [2.05, 4.69) is 4.72 Å². The minimum atomic E-state index is -3.54. The van der Waals surface area contributed by atoms with Gasteiger partial charge in [0.2, 0.25) is 0 Å². The average Bonchev–Trinajstić information content (AvgIpc) is 2.38. The summed E-state index contributed by atoms with van der Waals surface area (Å²) in [5.74, 6) is 0. The second-order valence-electron chi connectivity index (χ2n) is 5.31. The smallest absolute Gasteiger partial charge is 0.261 e. The molecule has 2 aromatic carbocycles. The maximum Gasteiger partial charge on any atom is 0.261 e. The molecule has 0 heterocycles. The maximum atomic E-state index is 12.3. The van der Waals surface area contributed by atoms with Crippen molar-refractivity contribution in [2.75, 3.05) is 23.7 Å². The lowest BCUT2D eigenvalue weighted by molar-refractivity contribution is 0.601. The molecule has 21 heavy (non-hydrogen) atoms. The van der Waals surface area contributed by atoms with Gasteiger partial charge in [-0.3, -0.25) is 4.72 Å². The average molecular weight is 304 g/mol. The molecular weight excluding hydrogens is 284 g/mol. The van der Waals surface area contributed by atoms with Crippen molar-refractivity contribution in [3.8, 4) is 0 Å². The van der Waals surface area contributed by atoms with Gasteiger partial charge in [0, 0.05) is 25.5 Å². The van der Waals surface area contributed by atoms with Gasteiger partial charge in [-0.25, -0.2) is 8.42 Å². The quantitative estimate of drug-likeness (QED) is 0.944. The van der Waals surface area contributed by atoms with Crippen LogP contribution in [0, 0.1) is 13.8 Å². The zero-order valence-corrected chi connectivity index (χ0v) is 13.5. The summed E-state index contributed by atoms with van der Waals surface area (Å²) in [6.07, 6.45) is 0. The van der Waals surface area contributed by atoms with Crippen molar-refractivity contribution in [2.45, 2.75) is 18.7 Å². The first-order chi connectivity index (χ1) is 9.79. The number of aryl methyl sites for hydroxylation is 2. The molecule has 0 saturated heterocycles. The topological polar surface area (TPSA) is 49.4 Å². The van der Waals surface area contributed by atoms with E-state index < -0.39 is 10.0 Å². The first-order valence-electron chi connectivity index (χ1n) is 6.67. The van der Waals surface area contributed by atoms with Crippen molar-refractivity contribution in [2.24, 2.45) is 0 Å². The third kappa shape index (κ3) is 3.55. The fraction of sp³-hybridized carbons (Fsp3) is 0.250. The predicted molar refractivity (Wildman–Crippen MR) is 87.5 cm³/mol. The second-order valence-corrected chi connectivity index (χ2v) is 7.00. The Hall–Kier alpha value is -2.01. The highest BCUT2D eigenvalue weighted by atomic mass is 32.2. The Bertz CT molecular complexity index is 735. The molecule has 2 rings (SSSR count). The van der Waals surface area contributed by atoms with Crippen molar-refractivity contribution in [1.82, 2.24) is 0 Å². The fourth-order valence-corrected chi connectivity index (χ4v) is 3.20. The molecule has 0 amide bonds. The van der Waals surface area contributed by atoms with Crippen LogP contribution in [0.3, 0.4) is 0 Å². The highest BCUT2D eigenvalue weighted by molar-refractivity contribution is 7.92. The van der Waals surface area contributed by atoms with Gasteiger partial charge >= 0.3 is 0 Å². The van der Waals surface area contributed by atoms with Crippen LogP contribution >= 0.6 is 0 Å². The maximum absolute atomic E-state index is 12.3. The van der Waals surface area contributed by atoms with Crippen LogP contribution in [0.1, 0.15) is 11.1 Å². The van der Waals surface area contributed by atoms with Crippen LogP contribution in [-0.2, 0) is 10.0 Å². The first-order valence-corrected chi connectivity index (χ1v) is 8.15. The number of anilines is 2. The Morgan fingerprint density at radius 1 is 0.952 bits per heavy atom. The number of nitrogens with zero attached hydrogens (tertiary/aromatic N) is 1. The lowest BCUT2D eigenvalue weighted by Gasteiger charge is -2.17. The van der Waals surface area contributed by atoms with Gasteiger partial charge in [0.1, 0.15) is 0 Å². The van der Waals surface area contributed by atoms with Crippen molar-refractivity contribution in [3.05, 3.63) is 53.6 Å². The highest BCUT2D eigenvalue weighted by Crippen LogP contribution is 2.23. The van der Waals surface area contributed by atoms with Crippen LogP contribution < -0.4 is 9.62 Å². The number of nitrogens with one attached hydrogen (secondary N) is 1. The summed E-state index contributed by atoms with van der Waals surface area (Å²) >= 11 is 0. The van der Waals surface area contributed by atoms with Crippen LogP contribution in [0.25, 0.3) is 0 Å². The first kappa shape index (κ1) is 15.4. The summed E-state index contributed by atoms with van der Waals surface area (Å²) in [7, 11) is 0.370. The molecule has 0 aliphatic rings. The molecule has 1 N–H and O–H groups in total. The summed E-state index contributed by atoms with van der Waals surface area (Å²) in [5.41, 5.74) is 3.68. The van der Waals surface area contributed by atoms with Gasteiger partial charge in [-0.15, -0.1) is 0 Å². The number of sulfonamides is 1. The van der Waals surface area contributed by atoms with Crippen molar-refractivity contribution >= 4 is 21.4 Å². The SMILES string of the molecule is Cc1ccc(S(=O)(=O)Nc2ccc(N(C)C)c(C)c2)cc1.